The Morgan fingerprint density at radius 3 is 2.26 bits per heavy atom. The lowest BCUT2D eigenvalue weighted by Gasteiger charge is -2.21. The smallest absolute Gasteiger partial charge is 0.261 e. The molecule has 1 aliphatic rings. The minimum Gasteiger partial charge on any atom is -0.493 e. The molecule has 10 heteroatoms. The maximum Gasteiger partial charge on any atom is 0.261 e. The predicted octanol–water partition coefficient (Wildman–Crippen LogP) is 4.86. The van der Waals surface area contributed by atoms with Gasteiger partial charge in [0.05, 0.1) is 30.9 Å². The highest BCUT2D eigenvalue weighted by Gasteiger charge is 2.32. The summed E-state index contributed by atoms with van der Waals surface area (Å²) in [4.78, 5) is 12.4. The first kappa shape index (κ1) is 24.6. The lowest BCUT2D eigenvalue weighted by atomic mass is 9.98. The van der Waals surface area contributed by atoms with Gasteiger partial charge in [0.15, 0.2) is 11.5 Å². The number of halogens is 1. The molecule has 0 saturated carbocycles. The van der Waals surface area contributed by atoms with Gasteiger partial charge in [-0.1, -0.05) is 29.8 Å². The van der Waals surface area contributed by atoms with Crippen LogP contribution in [-0.4, -0.2) is 39.3 Å². The Morgan fingerprint density at radius 1 is 1.00 bits per heavy atom. The van der Waals surface area contributed by atoms with Crippen molar-refractivity contribution in [3.63, 3.8) is 0 Å². The maximum atomic E-state index is 12.6. The maximum absolute atomic E-state index is 12.6. The number of hydrogen-bond acceptors (Lipinski definition) is 6. The standard InChI is InChI=1S/C25H24ClN3O5S/c1-16(30)29-23(18-6-13-24(33-2)25(14-18)34-3)15-22(27-29)17-4-9-20(10-5-17)28-35(31,32)21-11-7-19(26)8-12-21/h4-14,23,28H,15H2,1-3H3. The van der Waals surface area contributed by atoms with E-state index < -0.39 is 10.0 Å². The third-order valence-electron chi connectivity index (χ3n) is 5.62. The highest BCUT2D eigenvalue weighted by atomic mass is 35.5. The SMILES string of the molecule is COc1ccc(C2CC(c3ccc(NS(=O)(=O)c4ccc(Cl)cc4)cc3)=NN2C(C)=O)cc1OC. The number of nitrogens with zero attached hydrogens (tertiary/aromatic N) is 2. The Morgan fingerprint density at radius 2 is 1.66 bits per heavy atom. The van der Waals surface area contributed by atoms with Crippen LogP contribution in [-0.2, 0) is 14.8 Å². The second kappa shape index (κ2) is 9.97. The van der Waals surface area contributed by atoms with E-state index in [2.05, 4.69) is 9.82 Å². The molecule has 3 aromatic carbocycles. The number of sulfonamides is 1. The van der Waals surface area contributed by atoms with E-state index in [1.54, 1.807) is 44.6 Å². The average molecular weight is 514 g/mol. The fraction of sp³-hybridized carbons (Fsp3) is 0.200. The number of carbonyl (C=O) groups excluding carboxylic acids is 1. The van der Waals surface area contributed by atoms with Gasteiger partial charge in [0.25, 0.3) is 10.0 Å². The molecule has 0 saturated heterocycles. The highest BCUT2D eigenvalue weighted by Crippen LogP contribution is 2.37. The number of ether oxygens (including phenoxy) is 2. The van der Waals surface area contributed by atoms with Crippen LogP contribution in [0.1, 0.15) is 30.5 Å². The first-order chi connectivity index (χ1) is 16.7. The molecular formula is C25H24ClN3O5S. The predicted molar refractivity (Wildman–Crippen MR) is 135 cm³/mol. The van der Waals surface area contributed by atoms with Crippen molar-refractivity contribution >= 4 is 38.9 Å². The van der Waals surface area contributed by atoms with Crippen molar-refractivity contribution in [2.75, 3.05) is 18.9 Å². The molecular weight excluding hydrogens is 490 g/mol. The molecule has 0 spiro atoms. The Labute approximate surface area is 209 Å². The minimum absolute atomic E-state index is 0.112. The fourth-order valence-corrected chi connectivity index (χ4v) is 5.04. The number of hydrogen-bond donors (Lipinski definition) is 1. The van der Waals surface area contributed by atoms with Crippen molar-refractivity contribution in [1.29, 1.82) is 0 Å². The lowest BCUT2D eigenvalue weighted by Crippen LogP contribution is -2.24. The van der Waals surface area contributed by atoms with E-state index in [1.807, 2.05) is 12.1 Å². The number of amides is 1. The lowest BCUT2D eigenvalue weighted by molar-refractivity contribution is -0.130. The summed E-state index contributed by atoms with van der Waals surface area (Å²) in [6, 6.07) is 18.0. The molecule has 4 rings (SSSR count). The zero-order chi connectivity index (χ0) is 25.2. The average Bonchev–Trinajstić information content (AvgIpc) is 3.30. The van der Waals surface area contributed by atoms with Gasteiger partial charge in [0.2, 0.25) is 5.91 Å². The van der Waals surface area contributed by atoms with Gasteiger partial charge in [-0.25, -0.2) is 13.4 Å². The molecule has 1 aliphatic heterocycles. The van der Waals surface area contributed by atoms with Crippen LogP contribution < -0.4 is 14.2 Å². The van der Waals surface area contributed by atoms with Crippen LogP contribution in [0.2, 0.25) is 5.02 Å². The molecule has 0 radical (unpaired) electrons. The van der Waals surface area contributed by atoms with E-state index in [0.29, 0.717) is 34.3 Å². The van der Waals surface area contributed by atoms with Crippen molar-refractivity contribution in [2.24, 2.45) is 5.10 Å². The van der Waals surface area contributed by atoms with Crippen LogP contribution in [0, 0.1) is 0 Å². The molecule has 35 heavy (non-hydrogen) atoms. The zero-order valence-electron chi connectivity index (χ0n) is 19.4. The van der Waals surface area contributed by atoms with Crippen molar-refractivity contribution in [3.05, 3.63) is 82.9 Å². The molecule has 1 unspecified atom stereocenters. The van der Waals surface area contributed by atoms with Crippen molar-refractivity contribution in [2.45, 2.75) is 24.3 Å². The number of rotatable bonds is 7. The normalized spacial score (nSPS) is 15.5. The van der Waals surface area contributed by atoms with Crippen molar-refractivity contribution < 1.29 is 22.7 Å². The van der Waals surface area contributed by atoms with Crippen LogP contribution in [0.4, 0.5) is 5.69 Å². The van der Waals surface area contributed by atoms with Crippen LogP contribution in [0.25, 0.3) is 0 Å². The summed E-state index contributed by atoms with van der Waals surface area (Å²) < 4.78 is 38.5. The quantitative estimate of drug-likeness (QED) is 0.487. The number of benzene rings is 3. The van der Waals surface area contributed by atoms with Crippen LogP contribution in [0.5, 0.6) is 11.5 Å². The van der Waals surface area contributed by atoms with Gasteiger partial charge in [-0.3, -0.25) is 9.52 Å². The zero-order valence-corrected chi connectivity index (χ0v) is 20.9. The summed E-state index contributed by atoms with van der Waals surface area (Å²) in [6.07, 6.45) is 0.491. The number of carbonyl (C=O) groups is 1. The fourth-order valence-electron chi connectivity index (χ4n) is 3.85. The molecule has 1 atom stereocenters. The van der Waals surface area contributed by atoms with Gasteiger partial charge in [0.1, 0.15) is 0 Å². The number of anilines is 1. The van der Waals surface area contributed by atoms with E-state index in [9.17, 15) is 13.2 Å². The third-order valence-corrected chi connectivity index (χ3v) is 7.27. The summed E-state index contributed by atoms with van der Waals surface area (Å²) in [5.74, 6) is 0.979. The summed E-state index contributed by atoms with van der Waals surface area (Å²) in [5.41, 5.74) is 2.77. The van der Waals surface area contributed by atoms with Gasteiger partial charge < -0.3 is 9.47 Å². The first-order valence-corrected chi connectivity index (χ1v) is 12.6. The van der Waals surface area contributed by atoms with Crippen molar-refractivity contribution in [1.82, 2.24) is 5.01 Å². The summed E-state index contributed by atoms with van der Waals surface area (Å²) in [7, 11) is -0.629. The molecule has 1 amide bonds. The summed E-state index contributed by atoms with van der Waals surface area (Å²) >= 11 is 5.85. The monoisotopic (exact) mass is 513 g/mol. The van der Waals surface area contributed by atoms with Crippen LogP contribution >= 0.6 is 11.6 Å². The Bertz CT molecular complexity index is 1370. The van der Waals surface area contributed by atoms with Gasteiger partial charge in [-0.05, 0) is 59.7 Å². The molecule has 0 aromatic heterocycles. The Kier molecular flexibility index (Phi) is 7.00. The first-order valence-electron chi connectivity index (χ1n) is 10.7. The van der Waals surface area contributed by atoms with Gasteiger partial charge in [0, 0.05) is 24.1 Å². The molecule has 1 heterocycles. The van der Waals surface area contributed by atoms with Crippen molar-refractivity contribution in [3.8, 4) is 11.5 Å². The molecule has 1 N–H and O–H groups in total. The molecule has 0 aliphatic carbocycles. The van der Waals surface area contributed by atoms with E-state index in [4.69, 9.17) is 21.1 Å². The summed E-state index contributed by atoms with van der Waals surface area (Å²) in [5, 5.41) is 6.46. The second-order valence-corrected chi connectivity index (χ2v) is 10.0. The van der Waals surface area contributed by atoms with E-state index in [0.717, 1.165) is 11.1 Å². The highest BCUT2D eigenvalue weighted by molar-refractivity contribution is 7.92. The molecule has 0 fully saturated rings. The summed E-state index contributed by atoms with van der Waals surface area (Å²) in [6.45, 7) is 1.47. The minimum atomic E-state index is -3.75. The van der Waals surface area contributed by atoms with E-state index in [-0.39, 0.29) is 16.8 Å². The topological polar surface area (TPSA) is 97.3 Å². The van der Waals surface area contributed by atoms with Crippen LogP contribution in [0.15, 0.2) is 76.7 Å². The Hall–Kier alpha value is -3.56. The number of methoxy groups -OCH3 is 2. The second-order valence-electron chi connectivity index (χ2n) is 7.88. The molecule has 0 bridgehead atoms. The third kappa shape index (κ3) is 5.26. The van der Waals surface area contributed by atoms with Gasteiger partial charge in [-0.2, -0.15) is 5.10 Å². The van der Waals surface area contributed by atoms with E-state index >= 15 is 0 Å². The molecule has 182 valence electrons. The molecule has 3 aromatic rings. The van der Waals surface area contributed by atoms with Gasteiger partial charge in [-0.15, -0.1) is 0 Å². The Balaban J connectivity index is 1.55. The number of hydrazone groups is 1. The molecule has 8 nitrogen and oxygen atoms in total. The number of nitrogens with one attached hydrogen (secondary N) is 1. The van der Waals surface area contributed by atoms with E-state index in [1.165, 1.54) is 36.2 Å². The largest absolute Gasteiger partial charge is 0.493 e. The van der Waals surface area contributed by atoms with Gasteiger partial charge >= 0.3 is 0 Å². The van der Waals surface area contributed by atoms with Crippen LogP contribution in [0.3, 0.4) is 0 Å².